The molecule has 0 radical (unpaired) electrons. The van der Waals surface area contributed by atoms with Crippen LogP contribution in [0.2, 0.25) is 0 Å². The molecule has 0 spiro atoms. The van der Waals surface area contributed by atoms with Crippen LogP contribution in [0.4, 0.5) is 0 Å². The molecule has 108 valence electrons. The first-order chi connectivity index (χ1) is 9.33. The Balaban J connectivity index is 1.98. The minimum Gasteiger partial charge on any atom is -0.436 e. The van der Waals surface area contributed by atoms with Gasteiger partial charge in [-0.1, -0.05) is 12.1 Å². The van der Waals surface area contributed by atoms with E-state index in [0.29, 0.717) is 5.22 Å². The molecule has 1 aromatic heterocycles. The monoisotopic (exact) mass is 290 g/mol. The molecule has 1 N–H and O–H groups in total. The Hall–Kier alpha value is -1.26. The zero-order valence-electron chi connectivity index (χ0n) is 12.8. The van der Waals surface area contributed by atoms with E-state index in [1.54, 1.807) is 11.8 Å². The molecule has 0 amide bonds. The van der Waals surface area contributed by atoms with Gasteiger partial charge in [-0.05, 0) is 64.1 Å². The number of aromatic nitrogens is 1. The maximum Gasteiger partial charge on any atom is 0.260 e. The lowest BCUT2D eigenvalue weighted by Crippen LogP contribution is -2.35. The zero-order chi connectivity index (χ0) is 14.8. The Morgan fingerprint density at radius 1 is 1.15 bits per heavy atom. The van der Waals surface area contributed by atoms with Crippen molar-refractivity contribution in [2.24, 2.45) is 0 Å². The Bertz CT molecular complexity index is 548. The molecule has 0 bridgehead atoms. The summed E-state index contributed by atoms with van der Waals surface area (Å²) in [7, 11) is 0. The summed E-state index contributed by atoms with van der Waals surface area (Å²) in [6.07, 6.45) is 0. The van der Waals surface area contributed by atoms with Crippen molar-refractivity contribution in [3.8, 4) is 0 Å². The third-order valence-corrected chi connectivity index (χ3v) is 3.82. The fourth-order valence-electron chi connectivity index (χ4n) is 1.63. The predicted molar refractivity (Wildman–Crippen MR) is 83.1 cm³/mol. The van der Waals surface area contributed by atoms with Crippen molar-refractivity contribution < 1.29 is 4.42 Å². The van der Waals surface area contributed by atoms with Crippen molar-refractivity contribution in [3.05, 3.63) is 41.3 Å². The van der Waals surface area contributed by atoms with Gasteiger partial charge in [0.1, 0.15) is 5.76 Å². The quantitative estimate of drug-likeness (QED) is 0.909. The number of hydrogen-bond acceptors (Lipinski definition) is 4. The normalized spacial score (nSPS) is 11.8. The summed E-state index contributed by atoms with van der Waals surface area (Å²) in [5.41, 5.74) is 2.38. The predicted octanol–water partition coefficient (Wildman–Crippen LogP) is 4.33. The Morgan fingerprint density at radius 2 is 1.80 bits per heavy atom. The molecule has 2 aromatic rings. The second kappa shape index (κ2) is 6.02. The Labute approximate surface area is 125 Å². The third-order valence-electron chi connectivity index (χ3n) is 2.96. The zero-order valence-corrected chi connectivity index (χ0v) is 13.6. The van der Waals surface area contributed by atoms with E-state index in [9.17, 15) is 0 Å². The van der Waals surface area contributed by atoms with Crippen LogP contribution < -0.4 is 5.32 Å². The number of nitrogens with zero attached hydrogens (tertiary/aromatic N) is 1. The summed E-state index contributed by atoms with van der Waals surface area (Å²) in [6.45, 7) is 11.3. The van der Waals surface area contributed by atoms with Crippen LogP contribution in [0.3, 0.4) is 0 Å². The molecular weight excluding hydrogens is 268 g/mol. The summed E-state index contributed by atoms with van der Waals surface area (Å²) in [5.74, 6) is 0.887. The van der Waals surface area contributed by atoms with Gasteiger partial charge in [-0.15, -0.1) is 0 Å². The number of benzene rings is 1. The molecular formula is C16H22N2OS. The molecule has 2 rings (SSSR count). The van der Waals surface area contributed by atoms with Crippen molar-refractivity contribution >= 4 is 11.8 Å². The van der Waals surface area contributed by atoms with E-state index in [-0.39, 0.29) is 5.54 Å². The van der Waals surface area contributed by atoms with Gasteiger partial charge in [0.05, 0.1) is 5.69 Å². The Morgan fingerprint density at radius 3 is 2.30 bits per heavy atom. The molecule has 1 heterocycles. The van der Waals surface area contributed by atoms with Gasteiger partial charge >= 0.3 is 0 Å². The average Bonchev–Trinajstić information content (AvgIpc) is 2.66. The van der Waals surface area contributed by atoms with Gasteiger partial charge in [0.15, 0.2) is 0 Å². The second-order valence-corrected chi connectivity index (χ2v) is 7.00. The molecule has 0 unspecified atom stereocenters. The number of rotatable bonds is 4. The highest BCUT2D eigenvalue weighted by Crippen LogP contribution is 2.28. The average molecular weight is 290 g/mol. The van der Waals surface area contributed by atoms with Gasteiger partial charge in [-0.2, -0.15) is 0 Å². The SMILES string of the molecule is Cc1nc(Sc2ccc(CNC(C)(C)C)cc2)oc1C. The molecule has 3 nitrogen and oxygen atoms in total. The van der Waals surface area contributed by atoms with E-state index < -0.39 is 0 Å². The summed E-state index contributed by atoms with van der Waals surface area (Å²) in [5, 5.41) is 4.19. The lowest BCUT2D eigenvalue weighted by molar-refractivity contribution is 0.424. The van der Waals surface area contributed by atoms with Gasteiger partial charge in [0, 0.05) is 17.0 Å². The molecule has 0 aliphatic rings. The van der Waals surface area contributed by atoms with Crippen LogP contribution >= 0.6 is 11.8 Å². The first-order valence-electron chi connectivity index (χ1n) is 6.79. The first kappa shape index (κ1) is 15.1. The van der Waals surface area contributed by atoms with Crippen LogP contribution in [-0.2, 0) is 6.54 Å². The van der Waals surface area contributed by atoms with Crippen molar-refractivity contribution in [2.45, 2.75) is 56.8 Å². The standard InChI is InChI=1S/C16H22N2OS/c1-11-12(2)19-15(18-11)20-14-8-6-13(7-9-14)10-17-16(3,4)5/h6-9,17H,10H2,1-5H3. The Kier molecular flexibility index (Phi) is 4.55. The minimum absolute atomic E-state index is 0.139. The summed E-state index contributed by atoms with van der Waals surface area (Å²) < 4.78 is 5.58. The van der Waals surface area contributed by atoms with Gasteiger partial charge in [0.25, 0.3) is 5.22 Å². The van der Waals surface area contributed by atoms with Crippen LogP contribution in [0.25, 0.3) is 0 Å². The first-order valence-corrected chi connectivity index (χ1v) is 7.61. The second-order valence-electron chi connectivity index (χ2n) is 5.97. The molecule has 0 atom stereocenters. The largest absolute Gasteiger partial charge is 0.436 e. The molecule has 0 aliphatic carbocycles. The van der Waals surface area contributed by atoms with Crippen LogP contribution in [0, 0.1) is 13.8 Å². The molecule has 0 fully saturated rings. The minimum atomic E-state index is 0.139. The highest BCUT2D eigenvalue weighted by atomic mass is 32.2. The van der Waals surface area contributed by atoms with E-state index >= 15 is 0 Å². The topological polar surface area (TPSA) is 38.1 Å². The van der Waals surface area contributed by atoms with E-state index in [1.165, 1.54) is 5.56 Å². The molecule has 0 aliphatic heterocycles. The fourth-order valence-corrected chi connectivity index (χ4v) is 2.45. The highest BCUT2D eigenvalue weighted by Gasteiger charge is 2.09. The van der Waals surface area contributed by atoms with Crippen LogP contribution in [0.15, 0.2) is 38.8 Å². The fraction of sp³-hybridized carbons (Fsp3) is 0.438. The van der Waals surface area contributed by atoms with Crippen molar-refractivity contribution in [2.75, 3.05) is 0 Å². The van der Waals surface area contributed by atoms with Crippen LogP contribution in [-0.4, -0.2) is 10.5 Å². The van der Waals surface area contributed by atoms with Gasteiger partial charge in [-0.25, -0.2) is 4.98 Å². The van der Waals surface area contributed by atoms with Crippen LogP contribution in [0.1, 0.15) is 37.8 Å². The van der Waals surface area contributed by atoms with E-state index in [2.05, 4.69) is 55.3 Å². The van der Waals surface area contributed by atoms with Crippen LogP contribution in [0.5, 0.6) is 0 Å². The number of nitrogens with one attached hydrogen (secondary N) is 1. The summed E-state index contributed by atoms with van der Waals surface area (Å²) in [6, 6.07) is 8.51. The lowest BCUT2D eigenvalue weighted by atomic mass is 10.1. The smallest absolute Gasteiger partial charge is 0.260 e. The molecule has 4 heteroatoms. The van der Waals surface area contributed by atoms with Gasteiger partial charge in [-0.3, -0.25) is 0 Å². The highest BCUT2D eigenvalue weighted by molar-refractivity contribution is 7.99. The number of aryl methyl sites for hydroxylation is 2. The maximum atomic E-state index is 5.58. The van der Waals surface area contributed by atoms with E-state index in [0.717, 1.165) is 22.9 Å². The molecule has 0 saturated heterocycles. The van der Waals surface area contributed by atoms with E-state index in [1.807, 2.05) is 13.8 Å². The molecule has 0 saturated carbocycles. The number of oxazole rings is 1. The summed E-state index contributed by atoms with van der Waals surface area (Å²) in [4.78, 5) is 5.52. The van der Waals surface area contributed by atoms with Gasteiger partial charge < -0.3 is 9.73 Å². The maximum absolute atomic E-state index is 5.58. The van der Waals surface area contributed by atoms with Crippen molar-refractivity contribution in [1.82, 2.24) is 10.3 Å². The molecule has 20 heavy (non-hydrogen) atoms. The van der Waals surface area contributed by atoms with Gasteiger partial charge in [0.2, 0.25) is 0 Å². The number of hydrogen-bond donors (Lipinski definition) is 1. The lowest BCUT2D eigenvalue weighted by Gasteiger charge is -2.20. The summed E-state index contributed by atoms with van der Waals surface area (Å²) >= 11 is 1.56. The molecule has 1 aromatic carbocycles. The van der Waals surface area contributed by atoms with Crippen molar-refractivity contribution in [3.63, 3.8) is 0 Å². The van der Waals surface area contributed by atoms with E-state index in [4.69, 9.17) is 4.42 Å². The third kappa shape index (κ3) is 4.39. The van der Waals surface area contributed by atoms with Crippen molar-refractivity contribution in [1.29, 1.82) is 0 Å².